The molecule has 1 aromatic carbocycles. The van der Waals surface area contributed by atoms with Crippen LogP contribution < -0.4 is 15.4 Å². The standard InChI is InChI=1S/C16H19N3O2S/c1-21-13-4-2-3-5-14(13)22-11-8-12(18-9-11)15(20)19-16(10-17)6-7-16/h2-5,11-12,18H,6-9H2,1H3,(H,19,20)/t11-,12+/m1/s1. The second-order valence-electron chi connectivity index (χ2n) is 5.77. The number of carbonyl (C=O) groups is 1. The van der Waals surface area contributed by atoms with Crippen LogP contribution in [0.3, 0.4) is 0 Å². The van der Waals surface area contributed by atoms with Crippen LogP contribution in [0.15, 0.2) is 29.2 Å². The highest BCUT2D eigenvalue weighted by Crippen LogP contribution is 2.36. The lowest BCUT2D eigenvalue weighted by Crippen LogP contribution is -2.45. The zero-order valence-corrected chi connectivity index (χ0v) is 13.3. The summed E-state index contributed by atoms with van der Waals surface area (Å²) in [6.45, 7) is 0.778. The van der Waals surface area contributed by atoms with Gasteiger partial charge in [-0.15, -0.1) is 11.8 Å². The van der Waals surface area contributed by atoms with Crippen LogP contribution in [0.25, 0.3) is 0 Å². The molecule has 3 rings (SSSR count). The Morgan fingerprint density at radius 1 is 1.50 bits per heavy atom. The van der Waals surface area contributed by atoms with E-state index in [1.807, 2.05) is 24.3 Å². The number of hydrogen-bond acceptors (Lipinski definition) is 5. The quantitative estimate of drug-likeness (QED) is 0.864. The number of nitriles is 1. The molecule has 0 radical (unpaired) electrons. The molecule has 6 heteroatoms. The number of amides is 1. The SMILES string of the molecule is COc1ccccc1S[C@H]1CN[C@H](C(=O)NC2(C#N)CC2)C1. The van der Waals surface area contributed by atoms with Gasteiger partial charge in [0.05, 0.1) is 19.2 Å². The third-order valence-corrected chi connectivity index (χ3v) is 5.38. The summed E-state index contributed by atoms with van der Waals surface area (Å²) in [6, 6.07) is 9.89. The van der Waals surface area contributed by atoms with Crippen molar-refractivity contribution in [3.8, 4) is 11.8 Å². The van der Waals surface area contributed by atoms with E-state index in [9.17, 15) is 4.79 Å². The van der Waals surface area contributed by atoms with E-state index in [2.05, 4.69) is 16.7 Å². The van der Waals surface area contributed by atoms with Gasteiger partial charge in [-0.1, -0.05) is 12.1 Å². The fraction of sp³-hybridized carbons (Fsp3) is 0.500. The van der Waals surface area contributed by atoms with E-state index < -0.39 is 5.54 Å². The van der Waals surface area contributed by atoms with Crippen LogP contribution in [0, 0.1) is 11.3 Å². The molecule has 0 aromatic heterocycles. The number of thioether (sulfide) groups is 1. The van der Waals surface area contributed by atoms with Gasteiger partial charge in [-0.05, 0) is 31.4 Å². The number of para-hydroxylation sites is 1. The van der Waals surface area contributed by atoms with Gasteiger partial charge in [0.1, 0.15) is 11.3 Å². The van der Waals surface area contributed by atoms with Crippen LogP contribution in [0.2, 0.25) is 0 Å². The molecule has 0 spiro atoms. The molecule has 2 atom stereocenters. The fourth-order valence-electron chi connectivity index (χ4n) is 2.60. The summed E-state index contributed by atoms with van der Waals surface area (Å²) in [6.07, 6.45) is 2.29. The minimum absolute atomic E-state index is 0.0535. The molecule has 2 fully saturated rings. The first-order chi connectivity index (χ1) is 10.7. The molecule has 1 saturated heterocycles. The van der Waals surface area contributed by atoms with Crippen LogP contribution in [0.1, 0.15) is 19.3 Å². The smallest absolute Gasteiger partial charge is 0.238 e. The minimum atomic E-state index is -0.591. The first-order valence-electron chi connectivity index (χ1n) is 7.42. The number of ether oxygens (including phenoxy) is 1. The lowest BCUT2D eigenvalue weighted by atomic mass is 10.2. The maximum atomic E-state index is 12.2. The van der Waals surface area contributed by atoms with Gasteiger partial charge in [-0.3, -0.25) is 4.79 Å². The van der Waals surface area contributed by atoms with Crippen molar-refractivity contribution >= 4 is 17.7 Å². The van der Waals surface area contributed by atoms with Crippen LogP contribution >= 0.6 is 11.8 Å². The van der Waals surface area contributed by atoms with Crippen molar-refractivity contribution < 1.29 is 9.53 Å². The van der Waals surface area contributed by atoms with E-state index in [1.165, 1.54) is 0 Å². The molecule has 22 heavy (non-hydrogen) atoms. The summed E-state index contributed by atoms with van der Waals surface area (Å²) in [5.41, 5.74) is -0.591. The third kappa shape index (κ3) is 3.21. The summed E-state index contributed by atoms with van der Waals surface area (Å²) in [5.74, 6) is 0.809. The second kappa shape index (κ2) is 6.19. The van der Waals surface area contributed by atoms with E-state index in [4.69, 9.17) is 10.00 Å². The predicted molar refractivity (Wildman–Crippen MR) is 84.8 cm³/mol. The largest absolute Gasteiger partial charge is 0.496 e. The Labute approximate surface area is 134 Å². The van der Waals surface area contributed by atoms with Gasteiger partial charge in [0.2, 0.25) is 5.91 Å². The summed E-state index contributed by atoms with van der Waals surface area (Å²) in [5, 5.41) is 15.5. The first kappa shape index (κ1) is 15.2. The normalized spacial score (nSPS) is 25.3. The predicted octanol–water partition coefficient (Wildman–Crippen LogP) is 1.69. The van der Waals surface area contributed by atoms with Crippen molar-refractivity contribution in [2.75, 3.05) is 13.7 Å². The van der Waals surface area contributed by atoms with Crippen LogP contribution in [-0.4, -0.2) is 36.4 Å². The molecule has 0 unspecified atom stereocenters. The number of rotatable bonds is 5. The fourth-order valence-corrected chi connectivity index (χ4v) is 3.85. The van der Waals surface area contributed by atoms with Crippen molar-refractivity contribution in [2.45, 2.75) is 41.0 Å². The maximum absolute atomic E-state index is 12.2. The molecule has 1 aromatic rings. The monoisotopic (exact) mass is 317 g/mol. The Bertz CT molecular complexity index is 610. The molecule has 1 aliphatic carbocycles. The molecule has 1 amide bonds. The second-order valence-corrected chi connectivity index (χ2v) is 7.11. The topological polar surface area (TPSA) is 74.2 Å². The van der Waals surface area contributed by atoms with Crippen LogP contribution in [0.5, 0.6) is 5.75 Å². The van der Waals surface area contributed by atoms with Crippen molar-refractivity contribution in [1.82, 2.24) is 10.6 Å². The number of benzene rings is 1. The lowest BCUT2D eigenvalue weighted by molar-refractivity contribution is -0.123. The summed E-state index contributed by atoms with van der Waals surface area (Å²) in [4.78, 5) is 13.3. The number of nitrogens with one attached hydrogen (secondary N) is 2. The number of carbonyl (C=O) groups excluding carboxylic acids is 1. The van der Waals surface area contributed by atoms with E-state index in [-0.39, 0.29) is 11.9 Å². The average Bonchev–Trinajstić information content (AvgIpc) is 3.15. The van der Waals surface area contributed by atoms with E-state index in [0.717, 1.165) is 36.5 Å². The van der Waals surface area contributed by atoms with Gasteiger partial charge in [0, 0.05) is 16.7 Å². The number of hydrogen-bond donors (Lipinski definition) is 2. The Balaban J connectivity index is 1.56. The van der Waals surface area contributed by atoms with Crippen LogP contribution in [0.4, 0.5) is 0 Å². The highest BCUT2D eigenvalue weighted by atomic mass is 32.2. The molecule has 2 aliphatic rings. The molecule has 1 saturated carbocycles. The molecule has 1 aliphatic heterocycles. The third-order valence-electron chi connectivity index (χ3n) is 4.10. The zero-order valence-electron chi connectivity index (χ0n) is 12.5. The van der Waals surface area contributed by atoms with Gasteiger partial charge in [0.25, 0.3) is 0 Å². The zero-order chi connectivity index (χ0) is 15.6. The average molecular weight is 317 g/mol. The van der Waals surface area contributed by atoms with Crippen molar-refractivity contribution in [1.29, 1.82) is 5.26 Å². The lowest BCUT2D eigenvalue weighted by Gasteiger charge is -2.14. The van der Waals surface area contributed by atoms with Crippen molar-refractivity contribution in [3.63, 3.8) is 0 Å². The minimum Gasteiger partial charge on any atom is -0.496 e. The van der Waals surface area contributed by atoms with E-state index in [1.54, 1.807) is 18.9 Å². The Morgan fingerprint density at radius 2 is 2.27 bits per heavy atom. The number of methoxy groups -OCH3 is 1. The highest BCUT2D eigenvalue weighted by Gasteiger charge is 2.46. The molecular weight excluding hydrogens is 298 g/mol. The van der Waals surface area contributed by atoms with E-state index >= 15 is 0 Å². The van der Waals surface area contributed by atoms with Crippen molar-refractivity contribution in [2.24, 2.45) is 0 Å². The van der Waals surface area contributed by atoms with Gasteiger partial charge in [-0.2, -0.15) is 5.26 Å². The van der Waals surface area contributed by atoms with E-state index in [0.29, 0.717) is 5.25 Å². The molecular formula is C16H19N3O2S. The first-order valence-corrected chi connectivity index (χ1v) is 8.30. The Morgan fingerprint density at radius 3 is 2.95 bits per heavy atom. The van der Waals surface area contributed by atoms with Gasteiger partial charge in [-0.25, -0.2) is 0 Å². The Hall–Kier alpha value is -1.71. The van der Waals surface area contributed by atoms with Crippen LogP contribution in [-0.2, 0) is 4.79 Å². The number of nitrogens with zero attached hydrogens (tertiary/aromatic N) is 1. The molecule has 5 nitrogen and oxygen atoms in total. The van der Waals surface area contributed by atoms with Gasteiger partial charge in [0.15, 0.2) is 0 Å². The van der Waals surface area contributed by atoms with Gasteiger partial charge < -0.3 is 15.4 Å². The molecule has 2 N–H and O–H groups in total. The molecule has 1 heterocycles. The summed E-state index contributed by atoms with van der Waals surface area (Å²) in [7, 11) is 1.67. The summed E-state index contributed by atoms with van der Waals surface area (Å²) >= 11 is 1.73. The molecule has 116 valence electrons. The molecule has 0 bridgehead atoms. The van der Waals surface area contributed by atoms with Gasteiger partial charge >= 0.3 is 0 Å². The highest BCUT2D eigenvalue weighted by molar-refractivity contribution is 8.00. The maximum Gasteiger partial charge on any atom is 0.238 e. The van der Waals surface area contributed by atoms with Crippen molar-refractivity contribution in [3.05, 3.63) is 24.3 Å². The summed E-state index contributed by atoms with van der Waals surface area (Å²) < 4.78 is 5.36. The Kier molecular flexibility index (Phi) is 4.27.